The number of aliphatic hydroxyl groups is 1. The van der Waals surface area contributed by atoms with Crippen molar-refractivity contribution in [2.45, 2.75) is 51.0 Å². The van der Waals surface area contributed by atoms with Crippen LogP contribution in [0.15, 0.2) is 54.7 Å². The molecule has 0 saturated heterocycles. The highest BCUT2D eigenvalue weighted by Crippen LogP contribution is 2.41. The number of pyridine rings is 1. The number of nitrogens with zero attached hydrogens (tertiary/aromatic N) is 1. The number of carboxylic acids is 2. The summed E-state index contributed by atoms with van der Waals surface area (Å²) < 4.78 is 13.8. The van der Waals surface area contributed by atoms with Gasteiger partial charge in [0.05, 0.1) is 11.9 Å². The molecule has 3 aromatic rings. The fraction of sp³-hybridized carbons (Fsp3) is 0.357. The van der Waals surface area contributed by atoms with Gasteiger partial charge in [0.25, 0.3) is 0 Å². The Morgan fingerprint density at radius 2 is 1.71 bits per heavy atom. The van der Waals surface area contributed by atoms with E-state index in [2.05, 4.69) is 10.3 Å². The summed E-state index contributed by atoms with van der Waals surface area (Å²) in [5.41, 5.74) is 2.78. The summed E-state index contributed by atoms with van der Waals surface area (Å²) in [4.78, 5) is 36.4. The van der Waals surface area contributed by atoms with E-state index in [0.717, 1.165) is 42.3 Å². The maximum absolute atomic E-state index is 13.8. The van der Waals surface area contributed by atoms with Gasteiger partial charge in [0.15, 0.2) is 6.10 Å². The van der Waals surface area contributed by atoms with E-state index in [4.69, 9.17) is 26.9 Å². The van der Waals surface area contributed by atoms with Crippen molar-refractivity contribution in [2.24, 2.45) is 11.8 Å². The Balaban J connectivity index is 0.000000383. The molecule has 0 unspecified atom stereocenters. The monoisotopic (exact) mass is 544 g/mol. The number of aliphatic hydroxyl groups excluding tert-OH is 1. The van der Waals surface area contributed by atoms with E-state index in [1.165, 1.54) is 11.6 Å². The van der Waals surface area contributed by atoms with Gasteiger partial charge in [-0.2, -0.15) is 0 Å². The Hall–Kier alpha value is -3.56. The van der Waals surface area contributed by atoms with Crippen LogP contribution in [0.1, 0.15) is 50.5 Å². The van der Waals surface area contributed by atoms with E-state index < -0.39 is 24.5 Å². The fourth-order valence-electron chi connectivity index (χ4n) is 4.68. The number of nitrogens with one attached hydrogen (secondary N) is 1. The van der Waals surface area contributed by atoms with E-state index in [1.807, 2.05) is 31.3 Å². The minimum Gasteiger partial charge on any atom is -0.481 e. The zero-order valence-electron chi connectivity index (χ0n) is 20.8. The first-order valence-corrected chi connectivity index (χ1v) is 12.7. The molecule has 0 aliphatic heterocycles. The molecular formula is C28H30ClFN2O6. The highest BCUT2D eigenvalue weighted by molar-refractivity contribution is 6.30. The van der Waals surface area contributed by atoms with Gasteiger partial charge in [0.1, 0.15) is 5.82 Å². The van der Waals surface area contributed by atoms with Crippen molar-refractivity contribution in [1.82, 2.24) is 4.98 Å². The van der Waals surface area contributed by atoms with E-state index >= 15 is 0 Å². The number of benzene rings is 2. The number of carboxylic acid groups (broad SMARTS) is 2. The van der Waals surface area contributed by atoms with Gasteiger partial charge in [-0.1, -0.05) is 18.5 Å². The van der Waals surface area contributed by atoms with Gasteiger partial charge >= 0.3 is 11.9 Å². The first-order valence-electron chi connectivity index (χ1n) is 12.3. The molecule has 1 saturated carbocycles. The number of hydrogen-bond donors (Lipinski definition) is 4. The molecule has 8 nitrogen and oxygen atoms in total. The lowest BCUT2D eigenvalue weighted by Crippen LogP contribution is -2.29. The molecule has 1 aliphatic rings. The number of fused-ring (bicyclic) bond motifs is 1. The van der Waals surface area contributed by atoms with Crippen molar-refractivity contribution >= 4 is 46.0 Å². The van der Waals surface area contributed by atoms with Crippen LogP contribution in [0, 0.1) is 17.7 Å². The lowest BCUT2D eigenvalue weighted by atomic mass is 9.73. The summed E-state index contributed by atoms with van der Waals surface area (Å²) in [7, 11) is 0. The number of amides is 1. The molecule has 0 bridgehead atoms. The second-order valence-corrected chi connectivity index (χ2v) is 9.85. The van der Waals surface area contributed by atoms with Crippen molar-refractivity contribution in [1.29, 1.82) is 0 Å². The molecular weight excluding hydrogens is 515 g/mol. The van der Waals surface area contributed by atoms with Gasteiger partial charge in [-0.3, -0.25) is 14.6 Å². The van der Waals surface area contributed by atoms with E-state index in [-0.39, 0.29) is 17.6 Å². The normalized spacial score (nSPS) is 18.5. The third-order valence-electron chi connectivity index (χ3n) is 6.83. The Morgan fingerprint density at radius 1 is 1.05 bits per heavy atom. The van der Waals surface area contributed by atoms with Crippen LogP contribution in [-0.2, 0) is 14.4 Å². The van der Waals surface area contributed by atoms with Crippen LogP contribution in [-0.4, -0.2) is 44.3 Å². The maximum Gasteiger partial charge on any atom is 0.333 e. The SMILES string of the molecule is C[C@@H](C(=O)Nc1ccc(Cl)cc1)C1CCC(c2ccnc3ccc(F)cc23)CC1.O=C(O)C[C@H](O)C(=O)O. The second kappa shape index (κ2) is 13.3. The maximum atomic E-state index is 13.8. The lowest BCUT2D eigenvalue weighted by molar-refractivity contribution is -0.152. The number of anilines is 1. The molecule has 0 spiro atoms. The van der Waals surface area contributed by atoms with E-state index in [0.29, 0.717) is 16.9 Å². The predicted molar refractivity (Wildman–Crippen MR) is 142 cm³/mol. The van der Waals surface area contributed by atoms with Crippen LogP contribution < -0.4 is 5.32 Å². The van der Waals surface area contributed by atoms with Gasteiger partial charge in [-0.05, 0) is 91.6 Å². The molecule has 1 amide bonds. The number of halogens is 2. The molecule has 1 fully saturated rings. The van der Waals surface area contributed by atoms with Crippen LogP contribution in [0.5, 0.6) is 0 Å². The van der Waals surface area contributed by atoms with Gasteiger partial charge in [-0.25, -0.2) is 9.18 Å². The predicted octanol–water partition coefficient (Wildman–Crippen LogP) is 5.48. The first kappa shape index (κ1) is 29.0. The summed E-state index contributed by atoms with van der Waals surface area (Å²) in [5.74, 6) is -2.35. The molecule has 2 atom stereocenters. The summed E-state index contributed by atoms with van der Waals surface area (Å²) in [6.45, 7) is 2.01. The van der Waals surface area contributed by atoms with Crippen LogP contribution in [0.2, 0.25) is 5.02 Å². The van der Waals surface area contributed by atoms with Crippen molar-refractivity contribution in [3.63, 3.8) is 0 Å². The van der Waals surface area contributed by atoms with Crippen LogP contribution in [0.3, 0.4) is 0 Å². The van der Waals surface area contributed by atoms with Crippen molar-refractivity contribution in [2.75, 3.05) is 5.32 Å². The molecule has 4 rings (SSSR count). The molecule has 0 radical (unpaired) electrons. The molecule has 38 heavy (non-hydrogen) atoms. The van der Waals surface area contributed by atoms with E-state index in [1.54, 1.807) is 24.3 Å². The highest BCUT2D eigenvalue weighted by atomic mass is 35.5. The van der Waals surface area contributed by atoms with Gasteiger partial charge in [0, 0.05) is 28.2 Å². The third kappa shape index (κ3) is 7.97. The smallest absolute Gasteiger partial charge is 0.333 e. The summed E-state index contributed by atoms with van der Waals surface area (Å²) in [5, 5.41) is 28.7. The summed E-state index contributed by atoms with van der Waals surface area (Å²) in [6, 6.07) is 14.0. The third-order valence-corrected chi connectivity index (χ3v) is 7.09. The molecule has 202 valence electrons. The average molecular weight is 545 g/mol. The minimum absolute atomic E-state index is 0.0483. The number of aliphatic carboxylic acids is 2. The number of aromatic nitrogens is 1. The molecule has 2 aromatic carbocycles. The van der Waals surface area contributed by atoms with Crippen molar-refractivity contribution < 1.29 is 34.1 Å². The Labute approximate surface area is 224 Å². The zero-order chi connectivity index (χ0) is 27.8. The van der Waals surface area contributed by atoms with Crippen LogP contribution in [0.25, 0.3) is 10.9 Å². The summed E-state index contributed by atoms with van der Waals surface area (Å²) >= 11 is 5.90. The Kier molecular flexibility index (Phi) is 10.2. The second-order valence-electron chi connectivity index (χ2n) is 9.41. The lowest BCUT2D eigenvalue weighted by Gasteiger charge is -2.32. The Bertz CT molecular complexity index is 1280. The molecule has 4 N–H and O–H groups in total. The van der Waals surface area contributed by atoms with Crippen LogP contribution in [0.4, 0.5) is 10.1 Å². The minimum atomic E-state index is -1.79. The van der Waals surface area contributed by atoms with Gasteiger partial charge in [-0.15, -0.1) is 0 Å². The first-order chi connectivity index (χ1) is 18.0. The Morgan fingerprint density at radius 3 is 2.29 bits per heavy atom. The highest BCUT2D eigenvalue weighted by Gasteiger charge is 2.30. The molecule has 1 aromatic heterocycles. The van der Waals surface area contributed by atoms with Gasteiger partial charge < -0.3 is 20.6 Å². The standard InChI is InChI=1S/C24H24ClFN2O.C4H6O5/c1-15(24(29)28-20-9-6-18(25)7-10-20)16-2-4-17(5-3-16)21-12-13-27-23-11-8-19(26)14-22(21)23;5-2(4(8)9)1-3(6)7/h6-17H,2-5H2,1H3,(H,28,29);2,5H,1H2,(H,6,7)(H,8,9)/t15-,16?,17?;2-/m10/s1. The topological polar surface area (TPSA) is 137 Å². The number of rotatable bonds is 7. The molecule has 1 aliphatic carbocycles. The number of carbonyl (C=O) groups is 3. The molecule has 1 heterocycles. The van der Waals surface area contributed by atoms with Crippen molar-refractivity contribution in [3.8, 4) is 0 Å². The summed E-state index contributed by atoms with van der Waals surface area (Å²) in [6.07, 6.45) is 3.23. The number of hydrogen-bond acceptors (Lipinski definition) is 5. The average Bonchev–Trinajstić information content (AvgIpc) is 2.89. The van der Waals surface area contributed by atoms with Crippen molar-refractivity contribution in [3.05, 3.63) is 71.1 Å². The quantitative estimate of drug-likeness (QED) is 0.309. The number of carbonyl (C=O) groups excluding carboxylic acids is 1. The van der Waals surface area contributed by atoms with E-state index in [9.17, 15) is 18.8 Å². The fourth-order valence-corrected chi connectivity index (χ4v) is 4.81. The zero-order valence-corrected chi connectivity index (χ0v) is 21.6. The van der Waals surface area contributed by atoms with Gasteiger partial charge in [0.2, 0.25) is 5.91 Å². The largest absolute Gasteiger partial charge is 0.481 e. The molecule has 10 heteroatoms. The van der Waals surface area contributed by atoms with Crippen LogP contribution >= 0.6 is 11.6 Å².